The molecule has 1 aromatic heterocycles. The molecule has 144 valence electrons. The molecule has 0 aliphatic heterocycles. The van der Waals surface area contributed by atoms with Crippen molar-refractivity contribution in [3.63, 3.8) is 0 Å². The molecular weight excluding hydrogens is 392 g/mol. The van der Waals surface area contributed by atoms with E-state index in [-0.39, 0.29) is 16.9 Å². The van der Waals surface area contributed by atoms with Gasteiger partial charge in [-0.3, -0.25) is 4.79 Å². The van der Waals surface area contributed by atoms with Crippen LogP contribution in [0.25, 0.3) is 17.4 Å². The van der Waals surface area contributed by atoms with Gasteiger partial charge in [0.2, 0.25) is 0 Å². The van der Waals surface area contributed by atoms with Gasteiger partial charge in [-0.05, 0) is 54.4 Å². The van der Waals surface area contributed by atoms with Crippen molar-refractivity contribution >= 4 is 35.2 Å². The number of carbonyl (C=O) groups is 2. The largest absolute Gasteiger partial charge is 0.545 e. The van der Waals surface area contributed by atoms with E-state index in [1.54, 1.807) is 42.5 Å². The minimum atomic E-state index is -1.29. The van der Waals surface area contributed by atoms with Gasteiger partial charge in [-0.1, -0.05) is 29.8 Å². The molecule has 0 radical (unpaired) electrons. The number of halogens is 1. The second-order valence-corrected chi connectivity index (χ2v) is 6.59. The summed E-state index contributed by atoms with van der Waals surface area (Å²) in [6, 6.07) is 16.2. The summed E-state index contributed by atoms with van der Waals surface area (Å²) < 4.78 is 5.70. The molecule has 3 aromatic rings. The predicted octanol–water partition coefficient (Wildman–Crippen LogP) is 3.82. The maximum absolute atomic E-state index is 12.4. The van der Waals surface area contributed by atoms with E-state index < -0.39 is 11.9 Å². The van der Waals surface area contributed by atoms with E-state index in [0.717, 1.165) is 5.56 Å². The van der Waals surface area contributed by atoms with Crippen LogP contribution in [0.3, 0.4) is 0 Å². The molecule has 0 atom stereocenters. The lowest BCUT2D eigenvalue weighted by atomic mass is 10.0. The zero-order valence-corrected chi connectivity index (χ0v) is 16.0. The van der Waals surface area contributed by atoms with Gasteiger partial charge in [0, 0.05) is 22.3 Å². The van der Waals surface area contributed by atoms with Crippen molar-refractivity contribution in [2.45, 2.75) is 6.92 Å². The number of hydrogen-bond acceptors (Lipinski definition) is 5. The van der Waals surface area contributed by atoms with E-state index in [2.05, 4.69) is 5.32 Å². The minimum Gasteiger partial charge on any atom is -0.545 e. The summed E-state index contributed by atoms with van der Waals surface area (Å²) in [5.74, 6) is -1.22. The molecule has 3 rings (SSSR count). The number of carboxylic acid groups (broad SMARTS) is 1. The first-order valence-corrected chi connectivity index (χ1v) is 8.86. The smallest absolute Gasteiger partial charge is 0.266 e. The van der Waals surface area contributed by atoms with Crippen LogP contribution >= 0.6 is 11.6 Å². The van der Waals surface area contributed by atoms with Crippen LogP contribution in [0, 0.1) is 18.3 Å². The third kappa shape index (κ3) is 4.72. The molecule has 0 saturated carbocycles. The molecule has 0 bridgehead atoms. The van der Waals surface area contributed by atoms with Gasteiger partial charge in [-0.2, -0.15) is 5.26 Å². The first-order chi connectivity index (χ1) is 13.9. The van der Waals surface area contributed by atoms with Gasteiger partial charge in [0.25, 0.3) is 5.91 Å². The lowest BCUT2D eigenvalue weighted by molar-refractivity contribution is -0.255. The number of carboxylic acids is 1. The zero-order valence-electron chi connectivity index (χ0n) is 15.2. The first-order valence-electron chi connectivity index (χ1n) is 8.48. The van der Waals surface area contributed by atoms with Crippen molar-refractivity contribution in [3.05, 3.63) is 82.1 Å². The van der Waals surface area contributed by atoms with Crippen molar-refractivity contribution in [2.75, 3.05) is 5.32 Å². The number of rotatable bonds is 5. The highest BCUT2D eigenvalue weighted by Gasteiger charge is 2.13. The topological polar surface area (TPSA) is 106 Å². The number of nitrogens with one attached hydrogen (secondary N) is 1. The Morgan fingerprint density at radius 3 is 2.66 bits per heavy atom. The normalized spacial score (nSPS) is 11.0. The molecule has 7 heteroatoms. The molecule has 0 unspecified atom stereocenters. The number of anilines is 1. The fourth-order valence-electron chi connectivity index (χ4n) is 2.65. The Bertz CT molecular complexity index is 1170. The molecule has 2 aromatic carbocycles. The number of benzene rings is 2. The quantitative estimate of drug-likeness (QED) is 0.513. The lowest BCUT2D eigenvalue weighted by Gasteiger charge is -2.07. The molecule has 1 N–H and O–H groups in total. The van der Waals surface area contributed by atoms with Crippen LogP contribution in [-0.2, 0) is 4.79 Å². The average Bonchev–Trinajstić information content (AvgIpc) is 3.14. The molecule has 0 spiro atoms. The Labute approximate surface area is 171 Å². The van der Waals surface area contributed by atoms with E-state index >= 15 is 0 Å². The molecular formula is C22H14ClN2O4-. The van der Waals surface area contributed by atoms with Crippen molar-refractivity contribution in [1.82, 2.24) is 0 Å². The van der Waals surface area contributed by atoms with Crippen molar-refractivity contribution in [3.8, 4) is 17.4 Å². The Morgan fingerprint density at radius 1 is 1.17 bits per heavy atom. The average molecular weight is 406 g/mol. The van der Waals surface area contributed by atoms with Gasteiger partial charge in [0.1, 0.15) is 23.2 Å². The van der Waals surface area contributed by atoms with Crippen molar-refractivity contribution < 1.29 is 19.1 Å². The molecule has 1 amide bonds. The Hall–Kier alpha value is -3.82. The highest BCUT2D eigenvalue weighted by molar-refractivity contribution is 6.31. The maximum atomic E-state index is 12.4. The van der Waals surface area contributed by atoms with E-state index in [1.807, 2.05) is 13.0 Å². The molecule has 0 aliphatic carbocycles. The van der Waals surface area contributed by atoms with Gasteiger partial charge < -0.3 is 19.6 Å². The van der Waals surface area contributed by atoms with Crippen molar-refractivity contribution in [2.24, 2.45) is 0 Å². The van der Waals surface area contributed by atoms with E-state index in [0.29, 0.717) is 22.0 Å². The number of nitrogens with zero attached hydrogens (tertiary/aromatic N) is 1. The second-order valence-electron chi connectivity index (χ2n) is 6.15. The van der Waals surface area contributed by atoms with Crippen molar-refractivity contribution in [1.29, 1.82) is 5.26 Å². The Kier molecular flexibility index (Phi) is 5.82. The summed E-state index contributed by atoms with van der Waals surface area (Å²) in [7, 11) is 0. The van der Waals surface area contributed by atoms with Crippen LogP contribution < -0.4 is 10.4 Å². The monoisotopic (exact) mass is 405 g/mol. The maximum Gasteiger partial charge on any atom is 0.266 e. The minimum absolute atomic E-state index is 0.0257. The van der Waals surface area contributed by atoms with E-state index in [4.69, 9.17) is 16.0 Å². The predicted molar refractivity (Wildman–Crippen MR) is 107 cm³/mol. The molecule has 6 nitrogen and oxygen atoms in total. The van der Waals surface area contributed by atoms with Gasteiger partial charge in [-0.25, -0.2) is 0 Å². The molecule has 1 heterocycles. The van der Waals surface area contributed by atoms with Gasteiger partial charge in [0.15, 0.2) is 0 Å². The van der Waals surface area contributed by atoms with Crippen LogP contribution in [0.5, 0.6) is 0 Å². The number of hydrogen-bond donors (Lipinski definition) is 1. The molecule has 0 saturated heterocycles. The number of nitriles is 1. The summed E-state index contributed by atoms with van der Waals surface area (Å²) >= 11 is 5.89. The summed E-state index contributed by atoms with van der Waals surface area (Å²) in [5.41, 5.74) is 1.70. The number of furan rings is 1. The summed E-state index contributed by atoms with van der Waals surface area (Å²) in [6.07, 6.45) is 1.31. The van der Waals surface area contributed by atoms with E-state index in [1.165, 1.54) is 18.2 Å². The number of aromatic carboxylic acids is 1. The zero-order chi connectivity index (χ0) is 21.0. The van der Waals surface area contributed by atoms with Crippen LogP contribution in [0.15, 0.2) is 64.6 Å². The van der Waals surface area contributed by atoms with Crippen LogP contribution in [-0.4, -0.2) is 11.9 Å². The van der Waals surface area contributed by atoms with Crippen LogP contribution in [0.1, 0.15) is 21.7 Å². The fourth-order valence-corrected chi connectivity index (χ4v) is 2.84. The van der Waals surface area contributed by atoms with Gasteiger partial charge in [-0.15, -0.1) is 0 Å². The van der Waals surface area contributed by atoms with Crippen LogP contribution in [0.2, 0.25) is 5.02 Å². The molecule has 29 heavy (non-hydrogen) atoms. The molecule has 0 fully saturated rings. The highest BCUT2D eigenvalue weighted by Crippen LogP contribution is 2.27. The summed E-state index contributed by atoms with van der Waals surface area (Å²) in [6.45, 7) is 1.81. The number of aryl methyl sites for hydroxylation is 1. The van der Waals surface area contributed by atoms with Crippen LogP contribution in [0.4, 0.5) is 5.69 Å². The second kappa shape index (κ2) is 8.46. The van der Waals surface area contributed by atoms with E-state index in [9.17, 15) is 20.0 Å². The first kappa shape index (κ1) is 19.9. The molecule has 0 aliphatic rings. The Balaban J connectivity index is 1.86. The standard InChI is InChI=1S/C22H15ClN2O4/c1-13-5-6-14(22(27)28)10-19(13)20-8-7-18(29-20)9-15(12-24)21(26)25-17-4-2-3-16(23)11-17/h2-11H,1H3,(H,25,26)(H,27,28)/p-1/b15-9+. The summed E-state index contributed by atoms with van der Waals surface area (Å²) in [5, 5.41) is 23.5. The van der Waals surface area contributed by atoms with Gasteiger partial charge >= 0.3 is 0 Å². The number of carbonyl (C=O) groups excluding carboxylic acids is 2. The highest BCUT2D eigenvalue weighted by atomic mass is 35.5. The third-order valence-electron chi connectivity index (χ3n) is 4.10. The SMILES string of the molecule is Cc1ccc(C(=O)[O-])cc1-c1ccc(/C=C(\C#N)C(=O)Nc2cccc(Cl)c2)o1. The van der Waals surface area contributed by atoms with Gasteiger partial charge in [0.05, 0.1) is 5.97 Å². The fraction of sp³-hybridized carbons (Fsp3) is 0.0455. The third-order valence-corrected chi connectivity index (χ3v) is 4.33. The lowest BCUT2D eigenvalue weighted by Crippen LogP contribution is -2.22. The number of amides is 1. The Morgan fingerprint density at radius 2 is 1.97 bits per heavy atom. The summed E-state index contributed by atoms with van der Waals surface area (Å²) in [4.78, 5) is 23.4.